The Hall–Kier alpha value is 0.680. The van der Waals surface area contributed by atoms with Crippen molar-refractivity contribution in [3.05, 3.63) is 10.4 Å². The van der Waals surface area contributed by atoms with E-state index in [4.69, 9.17) is 5.73 Å². The largest absolute Gasteiger partial charge is 0.366 e. The highest BCUT2D eigenvalue weighted by molar-refractivity contribution is 9.09. The zero-order valence-electron chi connectivity index (χ0n) is 5.34. The van der Waals surface area contributed by atoms with Crippen molar-refractivity contribution in [2.24, 2.45) is 5.73 Å². The third-order valence-electron chi connectivity index (χ3n) is 0.930. The molecule has 0 aliphatic carbocycles. The van der Waals surface area contributed by atoms with Gasteiger partial charge in [-0.15, -0.1) is 11.8 Å². The first kappa shape index (κ1) is 8.77. The molecule has 0 amide bonds. The summed E-state index contributed by atoms with van der Waals surface area (Å²) < 4.78 is 1.28. The molecule has 1 aliphatic heterocycles. The number of alkyl halides is 1. The van der Waals surface area contributed by atoms with Crippen LogP contribution in [-0.2, 0) is 0 Å². The predicted molar refractivity (Wildman–Crippen MR) is 53.0 cm³/mol. The van der Waals surface area contributed by atoms with Gasteiger partial charge in [0.1, 0.15) is 5.50 Å². The summed E-state index contributed by atoms with van der Waals surface area (Å²) in [6.07, 6.45) is 1.97. The lowest BCUT2D eigenvalue weighted by Gasteiger charge is -2.00. The van der Waals surface area contributed by atoms with Gasteiger partial charge >= 0.3 is 0 Å². The summed E-state index contributed by atoms with van der Waals surface area (Å²) in [5, 5.41) is 4.05. The molecule has 1 rings (SSSR count). The van der Waals surface area contributed by atoms with Crippen LogP contribution in [0.15, 0.2) is 10.4 Å². The summed E-state index contributed by atoms with van der Waals surface area (Å²) in [5.41, 5.74) is 5.64. The molecule has 0 spiro atoms. The van der Waals surface area contributed by atoms with Gasteiger partial charge in [0.2, 0.25) is 0 Å². The summed E-state index contributed by atoms with van der Waals surface area (Å²) in [6.45, 7) is 0. The van der Waals surface area contributed by atoms with Crippen LogP contribution in [0.1, 0.15) is 0 Å². The Morgan fingerprint density at radius 1 is 1.90 bits per heavy atom. The van der Waals surface area contributed by atoms with E-state index < -0.39 is 0 Å². The zero-order valence-corrected chi connectivity index (χ0v) is 8.56. The van der Waals surface area contributed by atoms with Crippen LogP contribution in [0.3, 0.4) is 0 Å². The molecule has 10 heavy (non-hydrogen) atoms. The molecule has 58 valence electrons. The molecule has 0 saturated heterocycles. The maximum absolute atomic E-state index is 5.57. The van der Waals surface area contributed by atoms with Gasteiger partial charge < -0.3 is 11.1 Å². The van der Waals surface area contributed by atoms with E-state index in [1.54, 1.807) is 11.8 Å². The number of halogens is 1. The third kappa shape index (κ3) is 2.74. The van der Waals surface area contributed by atoms with Crippen LogP contribution in [0.2, 0.25) is 0 Å². The van der Waals surface area contributed by atoms with Gasteiger partial charge in [-0.2, -0.15) is 0 Å². The number of nitrogens with two attached hydrogens (primary N) is 1. The first-order valence-corrected chi connectivity index (χ1v) is 5.89. The lowest BCUT2D eigenvalue weighted by Crippen LogP contribution is -2.25. The molecule has 0 radical (unpaired) electrons. The minimum atomic E-state index is 0.0674. The van der Waals surface area contributed by atoms with Crippen LogP contribution in [0.5, 0.6) is 0 Å². The molecular weight excluding hydrogens is 232 g/mol. The molecule has 2 nitrogen and oxygen atoms in total. The Balaban J connectivity index is 2.17. The van der Waals surface area contributed by atoms with Crippen LogP contribution < -0.4 is 11.1 Å². The quantitative estimate of drug-likeness (QED) is 0.734. The second-order valence-electron chi connectivity index (χ2n) is 1.71. The van der Waals surface area contributed by atoms with Crippen molar-refractivity contribution < 1.29 is 0 Å². The van der Waals surface area contributed by atoms with Crippen molar-refractivity contribution in [2.75, 3.05) is 11.1 Å². The van der Waals surface area contributed by atoms with E-state index in [-0.39, 0.29) is 5.50 Å². The second kappa shape index (κ2) is 4.54. The molecule has 0 saturated carbocycles. The number of nitrogens with one attached hydrogen (secondary N) is 1. The first-order valence-electron chi connectivity index (χ1n) is 2.90. The van der Waals surface area contributed by atoms with E-state index in [1.165, 1.54) is 4.24 Å². The molecule has 0 aromatic carbocycles. The van der Waals surface area contributed by atoms with Crippen molar-refractivity contribution in [1.82, 2.24) is 5.32 Å². The third-order valence-corrected chi connectivity index (χ3v) is 4.04. The molecule has 5 heteroatoms. The summed E-state index contributed by atoms with van der Waals surface area (Å²) >= 11 is 6.86. The topological polar surface area (TPSA) is 38.0 Å². The molecule has 0 aromatic heterocycles. The Kier molecular flexibility index (Phi) is 3.98. The average molecular weight is 241 g/mol. The Morgan fingerprint density at radius 3 is 3.20 bits per heavy atom. The predicted octanol–water partition coefficient (Wildman–Crippen LogP) is 1.49. The molecule has 0 bridgehead atoms. The van der Waals surface area contributed by atoms with Gasteiger partial charge in [0.05, 0.1) is 4.24 Å². The van der Waals surface area contributed by atoms with Gasteiger partial charge in [-0.05, 0) is 0 Å². The van der Waals surface area contributed by atoms with E-state index in [0.29, 0.717) is 0 Å². The number of hydrogen-bond acceptors (Lipinski definition) is 4. The number of rotatable bonds is 3. The maximum Gasteiger partial charge on any atom is 0.127 e. The minimum absolute atomic E-state index is 0.0674. The highest BCUT2D eigenvalue weighted by Crippen LogP contribution is 2.32. The van der Waals surface area contributed by atoms with Crippen molar-refractivity contribution >= 4 is 39.5 Å². The molecule has 0 aromatic rings. The summed E-state index contributed by atoms with van der Waals surface area (Å²) in [7, 11) is 0. The van der Waals surface area contributed by atoms with Crippen LogP contribution >= 0.6 is 39.5 Å². The van der Waals surface area contributed by atoms with Crippen LogP contribution in [0.4, 0.5) is 0 Å². The lowest BCUT2D eigenvalue weighted by molar-refractivity contribution is 0.837. The van der Waals surface area contributed by atoms with Crippen molar-refractivity contribution in [1.29, 1.82) is 0 Å². The van der Waals surface area contributed by atoms with Crippen molar-refractivity contribution in [2.45, 2.75) is 5.50 Å². The van der Waals surface area contributed by atoms with Crippen molar-refractivity contribution in [3.8, 4) is 0 Å². The molecule has 3 N–H and O–H groups in total. The second-order valence-corrected chi connectivity index (χ2v) is 5.08. The van der Waals surface area contributed by atoms with E-state index in [9.17, 15) is 0 Å². The molecule has 0 fully saturated rings. The first-order chi connectivity index (χ1) is 4.83. The lowest BCUT2D eigenvalue weighted by atomic mass is 10.9. The Labute approximate surface area is 77.5 Å². The number of thioether (sulfide) groups is 2. The van der Waals surface area contributed by atoms with E-state index in [2.05, 4.69) is 21.2 Å². The van der Waals surface area contributed by atoms with E-state index >= 15 is 0 Å². The Bertz CT molecular complexity index is 140. The van der Waals surface area contributed by atoms with Gasteiger partial charge in [0.25, 0.3) is 0 Å². The molecule has 1 aliphatic rings. The highest BCUT2D eigenvalue weighted by atomic mass is 79.9. The van der Waals surface area contributed by atoms with Gasteiger partial charge in [-0.25, -0.2) is 0 Å². The summed E-state index contributed by atoms with van der Waals surface area (Å²) in [5.74, 6) is 1.10. The fourth-order valence-electron chi connectivity index (χ4n) is 0.558. The fraction of sp³-hybridized carbons (Fsp3) is 0.600. The van der Waals surface area contributed by atoms with Gasteiger partial charge in [-0.3, -0.25) is 0 Å². The van der Waals surface area contributed by atoms with Crippen LogP contribution in [0, 0.1) is 0 Å². The minimum Gasteiger partial charge on any atom is -0.366 e. The van der Waals surface area contributed by atoms with Gasteiger partial charge in [0.15, 0.2) is 0 Å². The fourth-order valence-corrected chi connectivity index (χ4v) is 2.83. The molecule has 1 heterocycles. The smallest absolute Gasteiger partial charge is 0.127 e. The normalized spacial score (nSPS) is 24.2. The van der Waals surface area contributed by atoms with Crippen LogP contribution in [0.25, 0.3) is 0 Å². The average Bonchev–Trinajstić information content (AvgIpc) is 2.31. The number of hydrogen-bond donors (Lipinski definition) is 2. The summed E-state index contributed by atoms with van der Waals surface area (Å²) in [6, 6.07) is 0. The molecule has 1 atom stereocenters. The highest BCUT2D eigenvalue weighted by Gasteiger charge is 2.11. The Morgan fingerprint density at radius 2 is 2.70 bits per heavy atom. The van der Waals surface area contributed by atoms with Crippen LogP contribution in [-0.4, -0.2) is 16.6 Å². The molecular formula is C5H9BrN2S2. The standard InChI is InChI=1S/C5H9BrN2S2/c6-1-2-9-4-3-8-5(7)10-4/h3,5,8H,1-2,7H2. The van der Waals surface area contributed by atoms with Gasteiger partial charge in [-0.1, -0.05) is 27.7 Å². The van der Waals surface area contributed by atoms with Gasteiger partial charge in [0, 0.05) is 17.3 Å². The summed E-state index contributed by atoms with van der Waals surface area (Å²) in [4.78, 5) is 0. The maximum atomic E-state index is 5.57. The molecule has 1 unspecified atom stereocenters. The zero-order chi connectivity index (χ0) is 7.40. The monoisotopic (exact) mass is 240 g/mol. The SMILES string of the molecule is NC1NC=C(SCCBr)S1. The van der Waals surface area contributed by atoms with E-state index in [1.807, 2.05) is 18.0 Å². The van der Waals surface area contributed by atoms with E-state index in [0.717, 1.165) is 11.1 Å². The van der Waals surface area contributed by atoms with Crippen molar-refractivity contribution in [3.63, 3.8) is 0 Å².